The fourth-order valence-corrected chi connectivity index (χ4v) is 2.37. The van der Waals surface area contributed by atoms with E-state index in [2.05, 4.69) is 15.6 Å². The average Bonchev–Trinajstić information content (AvgIpc) is 3.09. The number of benzene rings is 1. The first kappa shape index (κ1) is 15.0. The van der Waals surface area contributed by atoms with Crippen molar-refractivity contribution in [1.82, 2.24) is 14.9 Å². The van der Waals surface area contributed by atoms with Crippen molar-refractivity contribution in [2.45, 2.75) is 20.8 Å². The summed E-state index contributed by atoms with van der Waals surface area (Å²) in [6, 6.07) is 9.49. The van der Waals surface area contributed by atoms with Gasteiger partial charge in [0.25, 0.3) is 5.91 Å². The van der Waals surface area contributed by atoms with Crippen LogP contribution in [0.2, 0.25) is 0 Å². The molecule has 3 rings (SSSR count). The Bertz CT molecular complexity index is 859. The highest BCUT2D eigenvalue weighted by Gasteiger charge is 2.17. The van der Waals surface area contributed by atoms with Crippen molar-refractivity contribution in [2.75, 3.05) is 5.32 Å². The molecule has 0 aliphatic heterocycles. The van der Waals surface area contributed by atoms with E-state index in [4.69, 9.17) is 4.52 Å². The molecule has 0 aliphatic rings. The van der Waals surface area contributed by atoms with Crippen LogP contribution in [0.3, 0.4) is 0 Å². The Morgan fingerprint density at radius 3 is 2.48 bits per heavy atom. The Morgan fingerprint density at radius 2 is 1.87 bits per heavy atom. The molecule has 1 aromatic carbocycles. The molecule has 3 aromatic rings. The topological polar surface area (TPSA) is 73.0 Å². The average molecular weight is 310 g/mol. The van der Waals surface area contributed by atoms with Gasteiger partial charge in [-0.25, -0.2) is 0 Å². The number of rotatable bonds is 3. The van der Waals surface area contributed by atoms with Crippen LogP contribution in [0.1, 0.15) is 27.4 Å². The third kappa shape index (κ3) is 2.88. The molecule has 2 heterocycles. The molecule has 1 amide bonds. The lowest BCUT2D eigenvalue weighted by atomic mass is 10.1. The number of carbonyl (C=O) groups is 1. The molecule has 0 radical (unpaired) electrons. The van der Waals surface area contributed by atoms with Crippen LogP contribution in [0.15, 0.2) is 34.9 Å². The van der Waals surface area contributed by atoms with Gasteiger partial charge in [-0.2, -0.15) is 5.10 Å². The Kier molecular flexibility index (Phi) is 3.73. The van der Waals surface area contributed by atoms with Crippen LogP contribution in [0, 0.1) is 20.8 Å². The first-order valence-electron chi connectivity index (χ1n) is 7.31. The van der Waals surface area contributed by atoms with Gasteiger partial charge < -0.3 is 9.84 Å². The van der Waals surface area contributed by atoms with Gasteiger partial charge in [0, 0.05) is 18.7 Å². The maximum absolute atomic E-state index is 12.4. The fourth-order valence-electron chi connectivity index (χ4n) is 2.37. The molecule has 6 nitrogen and oxygen atoms in total. The van der Waals surface area contributed by atoms with Crippen molar-refractivity contribution in [2.24, 2.45) is 7.05 Å². The molecule has 0 spiro atoms. The van der Waals surface area contributed by atoms with Crippen molar-refractivity contribution < 1.29 is 9.32 Å². The van der Waals surface area contributed by atoms with E-state index in [0.717, 1.165) is 22.5 Å². The first-order valence-corrected chi connectivity index (χ1v) is 7.31. The second-order valence-electron chi connectivity index (χ2n) is 5.57. The van der Waals surface area contributed by atoms with Gasteiger partial charge in [0.05, 0.1) is 17.1 Å². The quantitative estimate of drug-likeness (QED) is 0.806. The zero-order chi connectivity index (χ0) is 16.6. The third-order valence-corrected chi connectivity index (χ3v) is 3.83. The number of hydrogen-bond acceptors (Lipinski definition) is 4. The van der Waals surface area contributed by atoms with E-state index in [1.807, 2.05) is 52.1 Å². The van der Waals surface area contributed by atoms with Crippen LogP contribution in [-0.2, 0) is 7.05 Å². The lowest BCUT2D eigenvalue weighted by Crippen LogP contribution is -2.13. The molecule has 118 valence electrons. The Balaban J connectivity index is 1.82. The third-order valence-electron chi connectivity index (χ3n) is 3.83. The van der Waals surface area contributed by atoms with Crippen molar-refractivity contribution in [3.8, 4) is 11.3 Å². The normalized spacial score (nSPS) is 10.8. The zero-order valence-electron chi connectivity index (χ0n) is 13.5. The molecule has 1 N–H and O–H groups in total. The standard InChI is InChI=1S/C17H18N4O2/c1-10-5-7-13(8-6-10)15-9-14(20-23-15)17(22)18-16-11(2)19-21(4)12(16)3/h5-9H,1-4H3,(H,18,22). The summed E-state index contributed by atoms with van der Waals surface area (Å²) in [4.78, 5) is 12.4. The zero-order valence-corrected chi connectivity index (χ0v) is 13.5. The van der Waals surface area contributed by atoms with Gasteiger partial charge in [0.1, 0.15) is 0 Å². The Hall–Kier alpha value is -2.89. The lowest BCUT2D eigenvalue weighted by molar-refractivity contribution is 0.101. The van der Waals surface area contributed by atoms with E-state index in [-0.39, 0.29) is 11.6 Å². The van der Waals surface area contributed by atoms with E-state index < -0.39 is 0 Å². The monoisotopic (exact) mass is 310 g/mol. The number of nitrogens with zero attached hydrogens (tertiary/aromatic N) is 3. The van der Waals surface area contributed by atoms with Crippen LogP contribution in [0.5, 0.6) is 0 Å². The SMILES string of the molecule is Cc1ccc(-c2cc(C(=O)Nc3c(C)nn(C)c3C)no2)cc1. The van der Waals surface area contributed by atoms with Crippen LogP contribution in [-0.4, -0.2) is 20.8 Å². The van der Waals surface area contributed by atoms with Crippen molar-refractivity contribution in [1.29, 1.82) is 0 Å². The number of aromatic nitrogens is 3. The largest absolute Gasteiger partial charge is 0.355 e. The summed E-state index contributed by atoms with van der Waals surface area (Å²) in [6.45, 7) is 5.76. The molecular formula is C17H18N4O2. The highest BCUT2D eigenvalue weighted by Crippen LogP contribution is 2.23. The predicted octanol–water partition coefficient (Wildman–Crippen LogP) is 3.25. The minimum absolute atomic E-state index is 0.239. The molecule has 0 unspecified atom stereocenters. The summed E-state index contributed by atoms with van der Waals surface area (Å²) in [5.74, 6) is 0.251. The second-order valence-corrected chi connectivity index (χ2v) is 5.57. The summed E-state index contributed by atoms with van der Waals surface area (Å²) in [7, 11) is 1.84. The van der Waals surface area contributed by atoms with E-state index >= 15 is 0 Å². The summed E-state index contributed by atoms with van der Waals surface area (Å²) < 4.78 is 7.01. The number of nitrogens with one attached hydrogen (secondary N) is 1. The first-order chi connectivity index (χ1) is 11.0. The highest BCUT2D eigenvalue weighted by molar-refractivity contribution is 6.03. The summed E-state index contributed by atoms with van der Waals surface area (Å²) >= 11 is 0. The van der Waals surface area contributed by atoms with Crippen LogP contribution in [0.4, 0.5) is 5.69 Å². The van der Waals surface area contributed by atoms with Crippen LogP contribution in [0.25, 0.3) is 11.3 Å². The molecule has 0 bridgehead atoms. The van der Waals surface area contributed by atoms with Crippen LogP contribution >= 0.6 is 0 Å². The molecule has 0 aliphatic carbocycles. The van der Waals surface area contributed by atoms with Crippen molar-refractivity contribution >= 4 is 11.6 Å². The smallest absolute Gasteiger partial charge is 0.277 e. The van der Waals surface area contributed by atoms with Gasteiger partial charge in [-0.15, -0.1) is 0 Å². The number of amides is 1. The molecule has 6 heteroatoms. The van der Waals surface area contributed by atoms with Gasteiger partial charge >= 0.3 is 0 Å². The predicted molar refractivity (Wildman–Crippen MR) is 87.3 cm³/mol. The lowest BCUT2D eigenvalue weighted by Gasteiger charge is -2.02. The molecule has 0 fully saturated rings. The van der Waals surface area contributed by atoms with Gasteiger partial charge in [0.2, 0.25) is 0 Å². The number of hydrogen-bond donors (Lipinski definition) is 1. The van der Waals surface area contributed by atoms with E-state index in [9.17, 15) is 4.79 Å². The van der Waals surface area contributed by atoms with Crippen molar-refractivity contribution in [3.05, 3.63) is 53.0 Å². The van der Waals surface area contributed by atoms with E-state index in [1.54, 1.807) is 10.7 Å². The van der Waals surface area contributed by atoms with E-state index in [1.165, 1.54) is 0 Å². The molecular weight excluding hydrogens is 292 g/mol. The Labute approximate surface area is 134 Å². The van der Waals surface area contributed by atoms with Gasteiger partial charge in [-0.05, 0) is 20.8 Å². The molecule has 0 saturated carbocycles. The highest BCUT2D eigenvalue weighted by atomic mass is 16.5. The number of carbonyl (C=O) groups excluding carboxylic acids is 1. The number of aryl methyl sites for hydroxylation is 3. The van der Waals surface area contributed by atoms with Gasteiger partial charge in [0.15, 0.2) is 11.5 Å². The Morgan fingerprint density at radius 1 is 1.17 bits per heavy atom. The molecule has 0 atom stereocenters. The minimum atomic E-state index is -0.314. The number of anilines is 1. The molecule has 23 heavy (non-hydrogen) atoms. The molecule has 2 aromatic heterocycles. The second kappa shape index (κ2) is 5.72. The fraction of sp³-hybridized carbons (Fsp3) is 0.235. The summed E-state index contributed by atoms with van der Waals surface area (Å²) in [5.41, 5.74) is 4.64. The minimum Gasteiger partial charge on any atom is -0.355 e. The van der Waals surface area contributed by atoms with Crippen molar-refractivity contribution in [3.63, 3.8) is 0 Å². The maximum Gasteiger partial charge on any atom is 0.277 e. The van der Waals surface area contributed by atoms with Crippen LogP contribution < -0.4 is 5.32 Å². The molecule has 0 saturated heterocycles. The van der Waals surface area contributed by atoms with Gasteiger partial charge in [-0.1, -0.05) is 35.0 Å². The summed E-state index contributed by atoms with van der Waals surface area (Å²) in [6.07, 6.45) is 0. The maximum atomic E-state index is 12.4. The van der Waals surface area contributed by atoms with Gasteiger partial charge in [-0.3, -0.25) is 9.48 Å². The van der Waals surface area contributed by atoms with E-state index in [0.29, 0.717) is 11.4 Å². The summed E-state index contributed by atoms with van der Waals surface area (Å²) in [5, 5.41) is 11.0.